The normalized spacial score (nSPS) is 14.8. The van der Waals surface area contributed by atoms with Gasteiger partial charge in [0.1, 0.15) is 5.82 Å². The molecule has 0 aliphatic carbocycles. The van der Waals surface area contributed by atoms with Crippen LogP contribution in [0.25, 0.3) is 0 Å². The van der Waals surface area contributed by atoms with E-state index in [9.17, 15) is 9.18 Å². The number of rotatable bonds is 3. The minimum Gasteiger partial charge on any atom is -0.370 e. The van der Waals surface area contributed by atoms with E-state index >= 15 is 0 Å². The molecule has 1 N–H and O–H groups in total. The van der Waals surface area contributed by atoms with Gasteiger partial charge in [-0.2, -0.15) is 5.26 Å². The molecule has 0 atom stereocenters. The van der Waals surface area contributed by atoms with Crippen molar-refractivity contribution in [3.63, 3.8) is 0 Å². The van der Waals surface area contributed by atoms with Crippen LogP contribution < -0.4 is 10.2 Å². The largest absolute Gasteiger partial charge is 0.370 e. The first-order valence-corrected chi connectivity index (χ1v) is 8.91. The van der Waals surface area contributed by atoms with Gasteiger partial charge in [0.2, 0.25) is 0 Å². The third-order valence-electron chi connectivity index (χ3n) is 4.67. The number of carbonyl (C=O) groups excluding carboxylic acids is 1. The Morgan fingerprint density at radius 1 is 1.27 bits per heavy atom. The van der Waals surface area contributed by atoms with Crippen molar-refractivity contribution < 1.29 is 9.18 Å². The van der Waals surface area contributed by atoms with Gasteiger partial charge in [0.25, 0.3) is 5.91 Å². The van der Waals surface area contributed by atoms with Gasteiger partial charge >= 0.3 is 0 Å². The molecule has 0 spiro atoms. The fourth-order valence-corrected chi connectivity index (χ4v) is 3.36. The van der Waals surface area contributed by atoms with Gasteiger partial charge in [0.15, 0.2) is 0 Å². The van der Waals surface area contributed by atoms with Crippen LogP contribution in [0, 0.1) is 23.1 Å². The molecule has 1 heterocycles. The second kappa shape index (κ2) is 7.76. The summed E-state index contributed by atoms with van der Waals surface area (Å²) in [6, 6.07) is 10.9. The molecule has 1 amide bonds. The van der Waals surface area contributed by atoms with Gasteiger partial charge in [0, 0.05) is 18.8 Å². The zero-order valence-corrected chi connectivity index (χ0v) is 15.2. The molecule has 134 valence electrons. The average molecular weight is 372 g/mol. The molecule has 0 unspecified atom stereocenters. The second-order valence-electron chi connectivity index (χ2n) is 6.60. The molecule has 1 saturated heterocycles. The number of amides is 1. The molecule has 0 saturated carbocycles. The quantitative estimate of drug-likeness (QED) is 0.839. The fraction of sp³-hybridized carbons (Fsp3) is 0.300. The van der Waals surface area contributed by atoms with Crippen molar-refractivity contribution in [1.82, 2.24) is 0 Å². The number of piperidine rings is 1. The lowest BCUT2D eigenvalue weighted by molar-refractivity contribution is 0.102. The molecule has 3 rings (SSSR count). The maximum Gasteiger partial charge on any atom is 0.258 e. The number of anilines is 2. The highest BCUT2D eigenvalue weighted by Gasteiger charge is 2.19. The number of hydrogen-bond donors (Lipinski definition) is 1. The van der Waals surface area contributed by atoms with Crippen LogP contribution in [-0.2, 0) is 0 Å². The smallest absolute Gasteiger partial charge is 0.258 e. The van der Waals surface area contributed by atoms with Crippen molar-refractivity contribution in [2.75, 3.05) is 23.3 Å². The summed E-state index contributed by atoms with van der Waals surface area (Å²) < 4.78 is 14.0. The lowest BCUT2D eigenvalue weighted by atomic mass is 9.99. The van der Waals surface area contributed by atoms with E-state index in [-0.39, 0.29) is 11.1 Å². The number of nitrogens with one attached hydrogen (secondary N) is 1. The number of carbonyl (C=O) groups is 1. The van der Waals surface area contributed by atoms with Gasteiger partial charge < -0.3 is 10.2 Å². The first-order chi connectivity index (χ1) is 12.5. The van der Waals surface area contributed by atoms with Crippen molar-refractivity contribution in [3.8, 4) is 6.07 Å². The Morgan fingerprint density at radius 3 is 2.62 bits per heavy atom. The van der Waals surface area contributed by atoms with Gasteiger partial charge in [-0.3, -0.25) is 4.79 Å². The molecular formula is C20H19ClFN3O. The summed E-state index contributed by atoms with van der Waals surface area (Å²) in [6.07, 6.45) is 2.26. The predicted octanol–water partition coefficient (Wildman–Crippen LogP) is 4.84. The fourth-order valence-electron chi connectivity index (χ4n) is 3.06. The lowest BCUT2D eigenvalue weighted by Crippen LogP contribution is -2.32. The summed E-state index contributed by atoms with van der Waals surface area (Å²) in [5, 5.41) is 12.0. The van der Waals surface area contributed by atoms with Gasteiger partial charge in [-0.05, 0) is 55.2 Å². The molecule has 1 aliphatic heterocycles. The van der Waals surface area contributed by atoms with E-state index in [2.05, 4.69) is 17.1 Å². The topological polar surface area (TPSA) is 56.1 Å². The van der Waals surface area contributed by atoms with Crippen molar-refractivity contribution in [2.45, 2.75) is 19.8 Å². The van der Waals surface area contributed by atoms with Crippen LogP contribution in [-0.4, -0.2) is 19.0 Å². The van der Waals surface area contributed by atoms with Crippen LogP contribution in [0.5, 0.6) is 0 Å². The zero-order chi connectivity index (χ0) is 18.7. The Morgan fingerprint density at radius 2 is 2.00 bits per heavy atom. The minimum atomic E-state index is -0.730. The number of hydrogen-bond acceptors (Lipinski definition) is 3. The summed E-state index contributed by atoms with van der Waals surface area (Å²) >= 11 is 6.40. The first-order valence-electron chi connectivity index (χ1n) is 8.53. The van der Waals surface area contributed by atoms with E-state index in [1.807, 2.05) is 12.1 Å². The number of benzene rings is 2. The molecule has 4 nitrogen and oxygen atoms in total. The molecule has 2 aromatic carbocycles. The van der Waals surface area contributed by atoms with E-state index in [4.69, 9.17) is 16.9 Å². The zero-order valence-electron chi connectivity index (χ0n) is 14.4. The molecule has 26 heavy (non-hydrogen) atoms. The van der Waals surface area contributed by atoms with Crippen LogP contribution in [0.15, 0.2) is 36.4 Å². The third-order valence-corrected chi connectivity index (χ3v) is 4.98. The van der Waals surface area contributed by atoms with Crippen LogP contribution >= 0.6 is 11.6 Å². The molecule has 1 aliphatic rings. The Hall–Kier alpha value is -2.58. The van der Waals surface area contributed by atoms with E-state index in [0.29, 0.717) is 10.7 Å². The molecule has 1 fully saturated rings. The molecule has 0 radical (unpaired) electrons. The highest BCUT2D eigenvalue weighted by molar-refractivity contribution is 6.33. The Kier molecular flexibility index (Phi) is 5.43. The molecular weight excluding hydrogens is 353 g/mol. The lowest BCUT2D eigenvalue weighted by Gasteiger charge is -2.32. The third kappa shape index (κ3) is 3.97. The SMILES string of the molecule is CC1CCN(c2ccc(NC(=O)c3ccc(C#N)cc3F)cc2Cl)CC1. The van der Waals surface area contributed by atoms with E-state index < -0.39 is 11.7 Å². The monoisotopic (exact) mass is 371 g/mol. The van der Waals surface area contributed by atoms with Crippen LogP contribution in [0.2, 0.25) is 5.02 Å². The van der Waals surface area contributed by atoms with Crippen LogP contribution in [0.1, 0.15) is 35.7 Å². The Balaban J connectivity index is 1.73. The first kappa shape index (κ1) is 18.2. The Labute approximate surface area is 157 Å². The summed E-state index contributed by atoms with van der Waals surface area (Å²) in [7, 11) is 0. The summed E-state index contributed by atoms with van der Waals surface area (Å²) in [5.74, 6) is -0.583. The molecule has 2 aromatic rings. The van der Waals surface area contributed by atoms with Gasteiger partial charge in [-0.1, -0.05) is 18.5 Å². The number of nitrogens with zero attached hydrogens (tertiary/aromatic N) is 2. The van der Waals surface area contributed by atoms with E-state index in [0.717, 1.165) is 43.6 Å². The second-order valence-corrected chi connectivity index (χ2v) is 7.00. The molecule has 0 aromatic heterocycles. The minimum absolute atomic E-state index is 0.116. The highest BCUT2D eigenvalue weighted by atomic mass is 35.5. The van der Waals surface area contributed by atoms with Crippen molar-refractivity contribution >= 4 is 28.9 Å². The van der Waals surface area contributed by atoms with Crippen molar-refractivity contribution in [2.24, 2.45) is 5.92 Å². The molecule has 0 bridgehead atoms. The van der Waals surface area contributed by atoms with Crippen LogP contribution in [0.3, 0.4) is 0 Å². The van der Waals surface area contributed by atoms with Crippen molar-refractivity contribution in [1.29, 1.82) is 5.26 Å². The standard InChI is InChI=1S/C20H19ClFN3O/c1-13-6-8-25(9-7-13)19-5-3-15(11-17(19)21)24-20(26)16-4-2-14(12-23)10-18(16)22/h2-5,10-11,13H,6-9H2,1H3,(H,24,26). The van der Waals surface area contributed by atoms with Crippen molar-refractivity contribution in [3.05, 3.63) is 58.4 Å². The number of halogens is 2. The van der Waals surface area contributed by atoms with Gasteiger partial charge in [-0.25, -0.2) is 4.39 Å². The van der Waals surface area contributed by atoms with Gasteiger partial charge in [-0.15, -0.1) is 0 Å². The summed E-state index contributed by atoms with van der Waals surface area (Å²) in [6.45, 7) is 4.17. The predicted molar refractivity (Wildman–Crippen MR) is 101 cm³/mol. The summed E-state index contributed by atoms with van der Waals surface area (Å²) in [5.41, 5.74) is 1.50. The maximum atomic E-state index is 14.0. The average Bonchev–Trinajstić information content (AvgIpc) is 2.62. The van der Waals surface area contributed by atoms with E-state index in [1.54, 1.807) is 12.1 Å². The highest BCUT2D eigenvalue weighted by Crippen LogP contribution is 2.32. The van der Waals surface area contributed by atoms with Gasteiger partial charge in [0.05, 0.1) is 27.9 Å². The summed E-state index contributed by atoms with van der Waals surface area (Å²) in [4.78, 5) is 14.5. The maximum absolute atomic E-state index is 14.0. The molecule has 6 heteroatoms. The van der Waals surface area contributed by atoms with Crippen LogP contribution in [0.4, 0.5) is 15.8 Å². The number of nitriles is 1. The van der Waals surface area contributed by atoms with E-state index in [1.165, 1.54) is 12.1 Å². The Bertz CT molecular complexity index is 870.